The molecule has 3 aliphatic rings. The Labute approximate surface area is 350 Å². The van der Waals surface area contributed by atoms with Gasteiger partial charge in [0.25, 0.3) is 0 Å². The third kappa shape index (κ3) is 6.24. The minimum atomic E-state index is -2.60. The summed E-state index contributed by atoms with van der Waals surface area (Å²) >= 11 is 0. The summed E-state index contributed by atoms with van der Waals surface area (Å²) in [4.78, 5) is 15.4. The molecule has 6 aromatic carbocycles. The molecule has 0 radical (unpaired) electrons. The molecule has 8 aromatic rings. The first kappa shape index (κ1) is 37.1. The van der Waals surface area contributed by atoms with Gasteiger partial charge in [0.15, 0.2) is 0 Å². The second-order valence-corrected chi connectivity index (χ2v) is 24.6. The van der Waals surface area contributed by atoms with Gasteiger partial charge < -0.3 is 0 Å². The van der Waals surface area contributed by atoms with Gasteiger partial charge in [-0.15, -0.1) is 0 Å². The number of rotatable bonds is 2. The number of hydrogen-bond donors (Lipinski definition) is 0. The molecule has 2 fully saturated rings. The maximum absolute atomic E-state index is 5.08. The van der Waals surface area contributed by atoms with Crippen molar-refractivity contribution in [2.75, 3.05) is 30.6 Å². The van der Waals surface area contributed by atoms with Crippen LogP contribution in [0.25, 0.3) is 43.4 Å². The molecule has 0 spiro atoms. The van der Waals surface area contributed by atoms with Gasteiger partial charge in [0, 0.05) is 0 Å². The summed E-state index contributed by atoms with van der Waals surface area (Å²) < 4.78 is 0. The average molecular weight is 809 g/mol. The van der Waals surface area contributed by atoms with Crippen molar-refractivity contribution in [3.8, 4) is 0 Å². The van der Waals surface area contributed by atoms with E-state index in [-0.39, 0.29) is 0 Å². The molecule has 0 saturated heterocycles. The molecule has 11 rings (SSSR count). The Balaban J connectivity index is 1.33. The number of anilines is 4. The molecule has 6 heteroatoms. The van der Waals surface area contributed by atoms with Crippen LogP contribution >= 0.6 is 15.2 Å². The van der Waals surface area contributed by atoms with Gasteiger partial charge in [0.05, 0.1) is 0 Å². The first-order valence-electron chi connectivity index (χ1n) is 22.1. The first-order valence-corrected chi connectivity index (χ1v) is 26.1. The molecule has 1 atom stereocenters. The van der Waals surface area contributed by atoms with E-state index in [4.69, 9.17) is 9.97 Å². The molecule has 0 amide bonds. The van der Waals surface area contributed by atoms with Crippen molar-refractivity contribution in [3.63, 3.8) is 0 Å². The fourth-order valence-electron chi connectivity index (χ4n) is 11.3. The van der Waals surface area contributed by atoms with Crippen LogP contribution in [0.1, 0.15) is 64.2 Å². The number of fused-ring (bicyclic) bond motifs is 8. The Bertz CT molecular complexity index is 2720. The molecule has 3 heterocycles. The standard InChI is InChI=1S/C53H54N4P2/c1-56-46-28-36-16-10-12-18-38(36)32-50(46)58(42-22-6-4-7-23-42)51-34-44-40(20-14-26-54-44)30-47(51)57(2)49-31-41-21-15-27-55-45(41)35-53(49)59(3,43-24-8-5-9-25-43)52-33-39-19-13-11-17-37(39)29-48(52)56/h10-21,26-35,42-43,59H,4-9,22-25H2,1-3H3. The number of hydrogen-bond acceptors (Lipinski definition) is 4. The van der Waals surface area contributed by atoms with Gasteiger partial charge in [-0.25, -0.2) is 0 Å². The Morgan fingerprint density at radius 1 is 0.475 bits per heavy atom. The summed E-state index contributed by atoms with van der Waals surface area (Å²) in [6.07, 6.45) is 16.8. The molecule has 59 heavy (non-hydrogen) atoms. The van der Waals surface area contributed by atoms with E-state index in [2.05, 4.69) is 152 Å². The molecule has 2 saturated carbocycles. The van der Waals surface area contributed by atoms with Crippen molar-refractivity contribution in [3.05, 3.63) is 134 Å². The quantitative estimate of drug-likeness (QED) is 0.163. The van der Waals surface area contributed by atoms with E-state index in [1.807, 2.05) is 12.4 Å². The number of benzene rings is 6. The van der Waals surface area contributed by atoms with Crippen LogP contribution in [-0.4, -0.2) is 42.0 Å². The van der Waals surface area contributed by atoms with Crippen molar-refractivity contribution in [1.82, 2.24) is 9.97 Å². The van der Waals surface area contributed by atoms with Gasteiger partial charge in [-0.2, -0.15) is 0 Å². The van der Waals surface area contributed by atoms with Crippen LogP contribution in [0.4, 0.5) is 22.7 Å². The third-order valence-electron chi connectivity index (χ3n) is 14.6. The van der Waals surface area contributed by atoms with E-state index in [0.29, 0.717) is 11.3 Å². The summed E-state index contributed by atoms with van der Waals surface area (Å²) in [7, 11) is 1.36. The summed E-state index contributed by atoms with van der Waals surface area (Å²) in [6.45, 7) is 2.74. The Morgan fingerprint density at radius 3 is 1.53 bits per heavy atom. The Hall–Kier alpha value is -4.88. The second-order valence-electron chi connectivity index (χ2n) is 17.8. The van der Waals surface area contributed by atoms with Crippen LogP contribution in [0.15, 0.2) is 134 Å². The normalized spacial score (nSPS) is 19.4. The van der Waals surface area contributed by atoms with E-state index in [1.165, 1.54) is 135 Å². The average Bonchev–Trinajstić information content (AvgIpc) is 3.30. The van der Waals surface area contributed by atoms with Gasteiger partial charge in [-0.1, -0.05) is 0 Å². The molecule has 296 valence electrons. The van der Waals surface area contributed by atoms with Crippen molar-refractivity contribution < 1.29 is 0 Å². The monoisotopic (exact) mass is 808 g/mol. The number of nitrogens with zero attached hydrogens (tertiary/aromatic N) is 4. The third-order valence-corrected chi connectivity index (χ3v) is 22.8. The van der Waals surface area contributed by atoms with Gasteiger partial charge >= 0.3 is 352 Å². The fraction of sp³-hybridized carbons (Fsp3) is 0.283. The van der Waals surface area contributed by atoms with E-state index < -0.39 is 15.2 Å². The SMILES string of the molecule is CN1c2cc3ccccc3cc2P(C2CCCCC2)c2cc3ncccc3cc2N(C)c2cc3cccnc3cc2[PH](C)(C2CCCCC2)c2cc3ccccc3cc21. The van der Waals surface area contributed by atoms with Crippen LogP contribution < -0.4 is 31.0 Å². The van der Waals surface area contributed by atoms with E-state index in [1.54, 1.807) is 5.30 Å². The summed E-state index contributed by atoms with van der Waals surface area (Å²) in [5, 5.41) is 13.7. The van der Waals surface area contributed by atoms with Crippen molar-refractivity contribution in [1.29, 1.82) is 0 Å². The van der Waals surface area contributed by atoms with E-state index >= 15 is 0 Å². The van der Waals surface area contributed by atoms with Gasteiger partial charge in [0.2, 0.25) is 0 Å². The molecule has 4 nitrogen and oxygen atoms in total. The fourth-order valence-corrected chi connectivity index (χ4v) is 19.9. The molecule has 0 N–H and O–H groups in total. The molecule has 0 bridgehead atoms. The Kier molecular flexibility index (Phi) is 9.44. The van der Waals surface area contributed by atoms with Crippen molar-refractivity contribution in [2.24, 2.45) is 0 Å². The molecule has 2 aromatic heterocycles. The van der Waals surface area contributed by atoms with E-state index in [0.717, 1.165) is 11.0 Å². The summed E-state index contributed by atoms with van der Waals surface area (Å²) in [5.41, 5.74) is 8.75. The zero-order chi connectivity index (χ0) is 39.7. The van der Waals surface area contributed by atoms with Crippen molar-refractivity contribution >= 4 is 103 Å². The van der Waals surface area contributed by atoms with Crippen LogP contribution in [0.3, 0.4) is 0 Å². The zero-order valence-corrected chi connectivity index (χ0v) is 36.6. The second kappa shape index (κ2) is 15.0. The topological polar surface area (TPSA) is 32.3 Å². The van der Waals surface area contributed by atoms with Gasteiger partial charge in [-0.3, -0.25) is 0 Å². The molecular weight excluding hydrogens is 755 g/mol. The molecule has 1 aliphatic heterocycles. The molecule has 2 aliphatic carbocycles. The molecule has 1 unspecified atom stereocenters. The number of aromatic nitrogens is 2. The minimum absolute atomic E-state index is 0.571. The van der Waals surface area contributed by atoms with Crippen LogP contribution in [0.5, 0.6) is 0 Å². The zero-order valence-electron chi connectivity index (χ0n) is 34.7. The predicted molar refractivity (Wildman–Crippen MR) is 261 cm³/mol. The predicted octanol–water partition coefficient (Wildman–Crippen LogP) is 12.4. The van der Waals surface area contributed by atoms with Crippen LogP contribution in [0.2, 0.25) is 0 Å². The maximum atomic E-state index is 5.08. The molecular formula is C53H54N4P2. The Morgan fingerprint density at radius 2 is 0.915 bits per heavy atom. The summed E-state index contributed by atoms with van der Waals surface area (Å²) in [5.74, 6) is 0. The van der Waals surface area contributed by atoms with Crippen LogP contribution in [0, 0.1) is 0 Å². The summed E-state index contributed by atoms with van der Waals surface area (Å²) in [6, 6.07) is 47.3. The van der Waals surface area contributed by atoms with Crippen molar-refractivity contribution in [2.45, 2.75) is 75.5 Å². The van der Waals surface area contributed by atoms with E-state index in [9.17, 15) is 0 Å². The number of pyridine rings is 2. The van der Waals surface area contributed by atoms with Gasteiger partial charge in [0.1, 0.15) is 0 Å². The van der Waals surface area contributed by atoms with Crippen LogP contribution in [-0.2, 0) is 0 Å². The first-order chi connectivity index (χ1) is 29.0. The van der Waals surface area contributed by atoms with Gasteiger partial charge in [-0.05, 0) is 0 Å².